The Morgan fingerprint density at radius 2 is 1.60 bits per heavy atom. The minimum absolute atomic E-state index is 0.128. The van der Waals surface area contributed by atoms with Crippen LogP contribution >= 0.6 is 11.8 Å². The maximum Gasteiger partial charge on any atom is 0.416 e. The van der Waals surface area contributed by atoms with Gasteiger partial charge in [-0.1, -0.05) is 30.3 Å². The monoisotopic (exact) mass is 298 g/mol. The van der Waals surface area contributed by atoms with Gasteiger partial charge in [0.25, 0.3) is 0 Å². The molecule has 5 heteroatoms. The molecule has 0 aliphatic rings. The number of hydrogen-bond acceptors (Lipinski definition) is 2. The van der Waals surface area contributed by atoms with Crippen molar-refractivity contribution in [3.8, 4) is 0 Å². The van der Waals surface area contributed by atoms with Crippen molar-refractivity contribution in [1.82, 2.24) is 0 Å². The van der Waals surface area contributed by atoms with Crippen LogP contribution in [-0.2, 0) is 6.18 Å². The molecule has 0 saturated carbocycles. The van der Waals surface area contributed by atoms with Gasteiger partial charge in [0.1, 0.15) is 6.10 Å². The summed E-state index contributed by atoms with van der Waals surface area (Å²) in [5.41, 5.74) is -0.488. The molecule has 0 radical (unpaired) electrons. The molecule has 20 heavy (non-hydrogen) atoms. The fraction of sp³-hybridized carbons (Fsp3) is 0.200. The highest BCUT2D eigenvalue weighted by Gasteiger charge is 2.34. The highest BCUT2D eigenvalue weighted by Crippen LogP contribution is 2.36. The molecule has 0 spiro atoms. The van der Waals surface area contributed by atoms with E-state index in [0.717, 1.165) is 11.0 Å². The van der Waals surface area contributed by atoms with Crippen LogP contribution < -0.4 is 0 Å². The number of halogens is 3. The molecule has 0 saturated heterocycles. The van der Waals surface area contributed by atoms with Crippen molar-refractivity contribution in [1.29, 1.82) is 0 Å². The molecule has 2 rings (SSSR count). The normalized spacial score (nSPS) is 13.2. The molecule has 0 amide bonds. The van der Waals surface area contributed by atoms with Crippen molar-refractivity contribution in [3.05, 3.63) is 65.2 Å². The number of hydrogen-bond donors (Lipinski definition) is 1. The van der Waals surface area contributed by atoms with Crippen molar-refractivity contribution in [3.63, 3.8) is 0 Å². The Morgan fingerprint density at radius 3 is 2.15 bits per heavy atom. The molecule has 1 atom stereocenters. The zero-order valence-corrected chi connectivity index (χ0v) is 11.5. The lowest BCUT2D eigenvalue weighted by Gasteiger charge is -2.18. The summed E-state index contributed by atoms with van der Waals surface area (Å²) in [4.78, 5) is 0.991. The quantitative estimate of drug-likeness (QED) is 0.841. The fourth-order valence-corrected chi connectivity index (χ4v) is 2.37. The summed E-state index contributed by atoms with van der Waals surface area (Å²) >= 11 is 1.53. The van der Waals surface area contributed by atoms with Crippen LogP contribution in [0.3, 0.4) is 0 Å². The Balaban J connectivity index is 2.40. The Kier molecular flexibility index (Phi) is 4.40. The maximum absolute atomic E-state index is 12.9. The van der Waals surface area contributed by atoms with Crippen LogP contribution in [0.4, 0.5) is 13.2 Å². The van der Waals surface area contributed by atoms with E-state index in [0.29, 0.717) is 5.56 Å². The predicted molar refractivity (Wildman–Crippen MR) is 73.7 cm³/mol. The van der Waals surface area contributed by atoms with E-state index in [4.69, 9.17) is 0 Å². The third-order valence-electron chi connectivity index (χ3n) is 2.99. The molecular weight excluding hydrogens is 285 g/mol. The number of thioether (sulfide) groups is 1. The first-order chi connectivity index (χ1) is 9.43. The number of alkyl halides is 3. The number of benzene rings is 2. The molecule has 0 aliphatic carbocycles. The standard InChI is InChI=1S/C15H13F3OS/c1-20-11-8-6-10(7-9-11)14(19)12-4-2-3-5-13(12)15(16,17)18/h2-9,14,19H,1H3. The van der Waals surface area contributed by atoms with Gasteiger partial charge in [-0.05, 0) is 35.6 Å². The van der Waals surface area contributed by atoms with E-state index in [1.54, 1.807) is 24.3 Å². The Labute approximate surface area is 119 Å². The van der Waals surface area contributed by atoms with E-state index < -0.39 is 17.8 Å². The van der Waals surface area contributed by atoms with E-state index in [-0.39, 0.29) is 5.56 Å². The summed E-state index contributed by atoms with van der Waals surface area (Å²) in [5, 5.41) is 10.2. The van der Waals surface area contributed by atoms with E-state index >= 15 is 0 Å². The Hall–Kier alpha value is -1.46. The first-order valence-electron chi connectivity index (χ1n) is 5.91. The molecule has 106 valence electrons. The van der Waals surface area contributed by atoms with Crippen LogP contribution in [0.5, 0.6) is 0 Å². The second-order valence-corrected chi connectivity index (χ2v) is 5.14. The molecule has 0 aliphatic heterocycles. The molecule has 0 aromatic heterocycles. The Morgan fingerprint density at radius 1 is 1.00 bits per heavy atom. The lowest BCUT2D eigenvalue weighted by molar-refractivity contribution is -0.139. The largest absolute Gasteiger partial charge is 0.416 e. The first-order valence-corrected chi connectivity index (χ1v) is 7.14. The minimum atomic E-state index is -4.48. The third kappa shape index (κ3) is 3.16. The van der Waals surface area contributed by atoms with Crippen molar-refractivity contribution < 1.29 is 18.3 Å². The molecule has 2 aromatic rings. The van der Waals surface area contributed by atoms with Crippen LogP contribution in [0.15, 0.2) is 53.4 Å². The average Bonchev–Trinajstić information content (AvgIpc) is 2.46. The van der Waals surface area contributed by atoms with Crippen molar-refractivity contribution >= 4 is 11.8 Å². The van der Waals surface area contributed by atoms with Gasteiger partial charge in [-0.15, -0.1) is 11.8 Å². The molecule has 0 heterocycles. The highest BCUT2D eigenvalue weighted by molar-refractivity contribution is 7.98. The molecule has 0 fully saturated rings. The SMILES string of the molecule is CSc1ccc(C(O)c2ccccc2C(F)(F)F)cc1. The average molecular weight is 298 g/mol. The Bertz CT molecular complexity index is 578. The van der Waals surface area contributed by atoms with E-state index in [1.165, 1.54) is 30.0 Å². The van der Waals surface area contributed by atoms with Crippen molar-refractivity contribution in [2.75, 3.05) is 6.26 Å². The second kappa shape index (κ2) is 5.89. The van der Waals surface area contributed by atoms with Gasteiger partial charge in [0.2, 0.25) is 0 Å². The van der Waals surface area contributed by atoms with Crippen molar-refractivity contribution in [2.45, 2.75) is 17.2 Å². The maximum atomic E-state index is 12.9. The first kappa shape index (κ1) is 14.9. The second-order valence-electron chi connectivity index (χ2n) is 4.26. The van der Waals surface area contributed by atoms with Gasteiger partial charge >= 0.3 is 6.18 Å². The summed E-state index contributed by atoms with van der Waals surface area (Å²) in [6.07, 6.45) is -3.86. The molecule has 1 unspecified atom stereocenters. The van der Waals surface area contributed by atoms with Crippen LogP contribution in [0.2, 0.25) is 0 Å². The number of aliphatic hydroxyl groups excluding tert-OH is 1. The van der Waals surface area contributed by atoms with Crippen LogP contribution in [0, 0.1) is 0 Å². The number of aliphatic hydroxyl groups is 1. The van der Waals surface area contributed by atoms with Gasteiger partial charge in [0.15, 0.2) is 0 Å². The van der Waals surface area contributed by atoms with Crippen LogP contribution in [0.25, 0.3) is 0 Å². The van der Waals surface area contributed by atoms with E-state index in [9.17, 15) is 18.3 Å². The predicted octanol–water partition coefficient (Wildman–Crippen LogP) is 4.51. The summed E-state index contributed by atoms with van der Waals surface area (Å²) in [7, 11) is 0. The van der Waals surface area contributed by atoms with E-state index in [2.05, 4.69) is 0 Å². The van der Waals surface area contributed by atoms with Gasteiger partial charge in [0.05, 0.1) is 5.56 Å². The van der Waals surface area contributed by atoms with Gasteiger partial charge < -0.3 is 5.11 Å². The van der Waals surface area contributed by atoms with Gasteiger partial charge in [0, 0.05) is 4.90 Å². The third-order valence-corrected chi connectivity index (χ3v) is 3.74. The minimum Gasteiger partial charge on any atom is -0.384 e. The summed E-state index contributed by atoms with van der Waals surface area (Å²) in [6.45, 7) is 0. The van der Waals surface area contributed by atoms with E-state index in [1.807, 2.05) is 6.26 Å². The summed E-state index contributed by atoms with van der Waals surface area (Å²) < 4.78 is 38.8. The fourth-order valence-electron chi connectivity index (χ4n) is 1.96. The molecular formula is C15H13F3OS. The molecule has 1 nitrogen and oxygen atoms in total. The van der Waals surface area contributed by atoms with Gasteiger partial charge in [-0.3, -0.25) is 0 Å². The zero-order chi connectivity index (χ0) is 14.8. The summed E-state index contributed by atoms with van der Waals surface area (Å²) in [6, 6.07) is 11.9. The molecule has 0 bridgehead atoms. The zero-order valence-electron chi connectivity index (χ0n) is 10.7. The van der Waals surface area contributed by atoms with Crippen LogP contribution in [0.1, 0.15) is 22.8 Å². The smallest absolute Gasteiger partial charge is 0.384 e. The molecule has 1 N–H and O–H groups in total. The number of rotatable bonds is 3. The van der Waals surface area contributed by atoms with Gasteiger partial charge in [-0.2, -0.15) is 13.2 Å². The summed E-state index contributed by atoms with van der Waals surface area (Å²) in [5.74, 6) is 0. The highest BCUT2D eigenvalue weighted by atomic mass is 32.2. The topological polar surface area (TPSA) is 20.2 Å². The van der Waals surface area contributed by atoms with Crippen molar-refractivity contribution in [2.24, 2.45) is 0 Å². The van der Waals surface area contributed by atoms with Gasteiger partial charge in [-0.25, -0.2) is 0 Å². The lowest BCUT2D eigenvalue weighted by atomic mass is 9.96. The molecule has 2 aromatic carbocycles. The van der Waals surface area contributed by atoms with Crippen LogP contribution in [-0.4, -0.2) is 11.4 Å². The lowest BCUT2D eigenvalue weighted by Crippen LogP contribution is -2.12.